The summed E-state index contributed by atoms with van der Waals surface area (Å²) in [6, 6.07) is 11.8. The number of benzene rings is 2. The molecule has 0 heterocycles. The number of methoxy groups -OCH3 is 3. The van der Waals surface area contributed by atoms with Crippen molar-refractivity contribution in [3.05, 3.63) is 42.0 Å². The molecule has 0 spiro atoms. The van der Waals surface area contributed by atoms with E-state index in [9.17, 15) is 5.11 Å². The number of rotatable bonds is 7. The van der Waals surface area contributed by atoms with E-state index in [4.69, 9.17) is 14.2 Å². The predicted molar refractivity (Wildman–Crippen MR) is 91.7 cm³/mol. The largest absolute Gasteiger partial charge is 0.497 e. The number of hydrogen-bond acceptors (Lipinski definition) is 4. The molecule has 1 N–H and O–H groups in total. The van der Waals surface area contributed by atoms with Crippen LogP contribution < -0.4 is 4.74 Å². The van der Waals surface area contributed by atoms with Crippen LogP contribution >= 0.6 is 0 Å². The van der Waals surface area contributed by atoms with Crippen LogP contribution in [0.4, 0.5) is 0 Å². The summed E-state index contributed by atoms with van der Waals surface area (Å²) < 4.78 is 16.0. The van der Waals surface area contributed by atoms with Crippen LogP contribution in [0.5, 0.6) is 5.75 Å². The standard InChI is InChI=1S/C19H26O4/c1-13(2)12-19(20,18(22-4)23-5)16-8-6-15-11-17(21-3)9-7-14(15)10-16/h6-11,13,18,20H,12H2,1-5H3. The average molecular weight is 318 g/mol. The molecule has 126 valence electrons. The van der Waals surface area contributed by atoms with E-state index in [1.807, 2.05) is 36.4 Å². The van der Waals surface area contributed by atoms with Crippen LogP contribution in [0.3, 0.4) is 0 Å². The zero-order valence-electron chi connectivity index (χ0n) is 14.5. The van der Waals surface area contributed by atoms with Crippen molar-refractivity contribution in [1.29, 1.82) is 0 Å². The molecule has 2 rings (SSSR count). The first-order chi connectivity index (χ1) is 10.9. The Morgan fingerprint density at radius 2 is 1.57 bits per heavy atom. The average Bonchev–Trinajstić information content (AvgIpc) is 2.54. The lowest BCUT2D eigenvalue weighted by atomic mass is 9.84. The van der Waals surface area contributed by atoms with E-state index in [0.717, 1.165) is 22.1 Å². The molecule has 0 radical (unpaired) electrons. The highest BCUT2D eigenvalue weighted by atomic mass is 16.7. The molecule has 2 aromatic rings. The van der Waals surface area contributed by atoms with Gasteiger partial charge in [0, 0.05) is 14.2 Å². The molecule has 4 heteroatoms. The lowest BCUT2D eigenvalue weighted by Crippen LogP contribution is -2.43. The Kier molecular flexibility index (Phi) is 5.63. The third-order valence-electron chi connectivity index (χ3n) is 4.08. The molecule has 0 aliphatic rings. The maximum atomic E-state index is 11.3. The van der Waals surface area contributed by atoms with E-state index in [1.165, 1.54) is 0 Å². The molecule has 0 saturated heterocycles. The van der Waals surface area contributed by atoms with Gasteiger partial charge in [-0.25, -0.2) is 0 Å². The van der Waals surface area contributed by atoms with E-state index in [-0.39, 0.29) is 0 Å². The first kappa shape index (κ1) is 17.7. The van der Waals surface area contributed by atoms with E-state index >= 15 is 0 Å². The third kappa shape index (κ3) is 3.66. The minimum absolute atomic E-state index is 0.291. The van der Waals surface area contributed by atoms with Crippen molar-refractivity contribution >= 4 is 10.8 Å². The van der Waals surface area contributed by atoms with Crippen molar-refractivity contribution in [1.82, 2.24) is 0 Å². The van der Waals surface area contributed by atoms with Crippen molar-refractivity contribution in [3.8, 4) is 5.75 Å². The molecule has 4 nitrogen and oxygen atoms in total. The second kappa shape index (κ2) is 7.30. The van der Waals surface area contributed by atoms with E-state index < -0.39 is 11.9 Å². The number of fused-ring (bicyclic) bond motifs is 1. The van der Waals surface area contributed by atoms with Crippen LogP contribution in [0, 0.1) is 5.92 Å². The molecular weight excluding hydrogens is 292 g/mol. The normalized spacial score (nSPS) is 14.4. The van der Waals surface area contributed by atoms with E-state index in [1.54, 1.807) is 21.3 Å². The SMILES string of the molecule is COc1ccc2cc(C(O)(CC(C)C)C(OC)OC)ccc2c1. The Hall–Kier alpha value is -1.62. The molecule has 0 saturated carbocycles. The molecule has 0 bridgehead atoms. The van der Waals surface area contributed by atoms with Crippen LogP contribution in [0.25, 0.3) is 10.8 Å². The highest BCUT2D eigenvalue weighted by molar-refractivity contribution is 5.84. The van der Waals surface area contributed by atoms with Crippen molar-refractivity contribution in [2.45, 2.75) is 32.2 Å². The van der Waals surface area contributed by atoms with Crippen molar-refractivity contribution in [3.63, 3.8) is 0 Å². The van der Waals surface area contributed by atoms with Crippen molar-refractivity contribution in [2.75, 3.05) is 21.3 Å². The van der Waals surface area contributed by atoms with Crippen molar-refractivity contribution in [2.24, 2.45) is 5.92 Å². The lowest BCUT2D eigenvalue weighted by molar-refractivity contribution is -0.226. The number of hydrogen-bond donors (Lipinski definition) is 1. The van der Waals surface area contributed by atoms with Gasteiger partial charge >= 0.3 is 0 Å². The smallest absolute Gasteiger partial charge is 0.189 e. The van der Waals surface area contributed by atoms with Crippen molar-refractivity contribution < 1.29 is 19.3 Å². The van der Waals surface area contributed by atoms with Gasteiger partial charge in [-0.2, -0.15) is 0 Å². The monoisotopic (exact) mass is 318 g/mol. The van der Waals surface area contributed by atoms with Gasteiger partial charge in [0.1, 0.15) is 11.4 Å². The van der Waals surface area contributed by atoms with Gasteiger partial charge in [0.25, 0.3) is 0 Å². The quantitative estimate of drug-likeness (QED) is 0.791. The Labute approximate surface area is 138 Å². The summed E-state index contributed by atoms with van der Waals surface area (Å²) in [6.07, 6.45) is -0.179. The third-order valence-corrected chi connectivity index (χ3v) is 4.08. The summed E-state index contributed by atoms with van der Waals surface area (Å²) in [5, 5.41) is 13.4. The molecule has 0 aliphatic carbocycles. The summed E-state index contributed by atoms with van der Waals surface area (Å²) >= 11 is 0. The fraction of sp³-hybridized carbons (Fsp3) is 0.474. The first-order valence-corrected chi connectivity index (χ1v) is 7.81. The maximum absolute atomic E-state index is 11.3. The zero-order valence-corrected chi connectivity index (χ0v) is 14.5. The molecule has 1 unspecified atom stereocenters. The summed E-state index contributed by atoms with van der Waals surface area (Å²) in [4.78, 5) is 0. The van der Waals surface area contributed by atoms with Gasteiger partial charge in [-0.15, -0.1) is 0 Å². The fourth-order valence-electron chi connectivity index (χ4n) is 3.08. The van der Waals surface area contributed by atoms with Crippen LogP contribution in [-0.2, 0) is 15.1 Å². The minimum atomic E-state index is -1.20. The Balaban J connectivity index is 2.51. The highest BCUT2D eigenvalue weighted by Gasteiger charge is 2.40. The van der Waals surface area contributed by atoms with Gasteiger partial charge in [0.2, 0.25) is 0 Å². The topological polar surface area (TPSA) is 47.9 Å². The van der Waals surface area contributed by atoms with Gasteiger partial charge in [0.05, 0.1) is 7.11 Å². The Bertz CT molecular complexity index is 649. The summed E-state index contributed by atoms with van der Waals surface area (Å²) in [5.74, 6) is 1.11. The van der Waals surface area contributed by atoms with E-state index in [0.29, 0.717) is 12.3 Å². The molecule has 0 amide bonds. The van der Waals surface area contributed by atoms with Gasteiger partial charge in [-0.3, -0.25) is 0 Å². The van der Waals surface area contributed by atoms with Crippen LogP contribution in [0.15, 0.2) is 36.4 Å². The summed E-state index contributed by atoms with van der Waals surface area (Å²) in [6.45, 7) is 4.14. The molecule has 2 aromatic carbocycles. The minimum Gasteiger partial charge on any atom is -0.497 e. The first-order valence-electron chi connectivity index (χ1n) is 7.81. The van der Waals surface area contributed by atoms with Gasteiger partial charge in [0.15, 0.2) is 6.29 Å². The van der Waals surface area contributed by atoms with Gasteiger partial charge in [-0.05, 0) is 46.9 Å². The molecule has 0 aliphatic heterocycles. The van der Waals surface area contributed by atoms with Crippen LogP contribution in [0.2, 0.25) is 0 Å². The predicted octanol–water partition coefficient (Wildman–Crippen LogP) is 3.70. The molecule has 0 aromatic heterocycles. The maximum Gasteiger partial charge on any atom is 0.189 e. The summed E-state index contributed by atoms with van der Waals surface area (Å²) in [5.41, 5.74) is -0.413. The molecule has 0 fully saturated rings. The van der Waals surface area contributed by atoms with Crippen LogP contribution in [-0.4, -0.2) is 32.7 Å². The fourth-order valence-corrected chi connectivity index (χ4v) is 3.08. The Morgan fingerprint density at radius 3 is 2.13 bits per heavy atom. The molecular formula is C19H26O4. The zero-order chi connectivity index (χ0) is 17.0. The highest BCUT2D eigenvalue weighted by Crippen LogP contribution is 2.36. The molecule has 1 atom stereocenters. The lowest BCUT2D eigenvalue weighted by Gasteiger charge is -2.36. The Morgan fingerprint density at radius 1 is 0.957 bits per heavy atom. The summed E-state index contributed by atoms with van der Waals surface area (Å²) in [7, 11) is 4.75. The van der Waals surface area contributed by atoms with E-state index in [2.05, 4.69) is 13.8 Å². The van der Waals surface area contributed by atoms with Gasteiger partial charge in [-0.1, -0.05) is 32.0 Å². The van der Waals surface area contributed by atoms with Gasteiger partial charge < -0.3 is 19.3 Å². The molecule has 23 heavy (non-hydrogen) atoms. The second-order valence-corrected chi connectivity index (χ2v) is 6.25. The number of ether oxygens (including phenoxy) is 3. The van der Waals surface area contributed by atoms with Crippen LogP contribution in [0.1, 0.15) is 25.8 Å². The second-order valence-electron chi connectivity index (χ2n) is 6.25. The number of aliphatic hydroxyl groups is 1.